The molecule has 1 amide bonds. The topological polar surface area (TPSA) is 68.0 Å². The number of hydrogen-bond acceptors (Lipinski definition) is 4. The molecule has 1 aromatic heterocycles. The lowest BCUT2D eigenvalue weighted by Crippen LogP contribution is -2.13. The minimum Gasteiger partial charge on any atom is -0.396 e. The van der Waals surface area contributed by atoms with Crippen molar-refractivity contribution in [3.63, 3.8) is 0 Å². The van der Waals surface area contributed by atoms with E-state index in [1.165, 1.54) is 6.20 Å². The molecule has 0 spiro atoms. The van der Waals surface area contributed by atoms with Gasteiger partial charge in [0.1, 0.15) is 0 Å². The summed E-state index contributed by atoms with van der Waals surface area (Å²) in [5, 5.41) is 2.75. The van der Waals surface area contributed by atoms with Gasteiger partial charge in [-0.2, -0.15) is 0 Å². The van der Waals surface area contributed by atoms with Gasteiger partial charge in [-0.3, -0.25) is 9.78 Å². The third-order valence-electron chi connectivity index (χ3n) is 2.45. The molecule has 5 heteroatoms. The maximum absolute atomic E-state index is 12.0. The number of thioether (sulfide) groups is 1. The molecule has 2 rings (SSSR count). The van der Waals surface area contributed by atoms with Gasteiger partial charge in [0.05, 0.1) is 17.6 Å². The Balaban J connectivity index is 2.14. The molecule has 0 saturated heterocycles. The van der Waals surface area contributed by atoms with Gasteiger partial charge in [-0.15, -0.1) is 11.8 Å². The zero-order valence-corrected chi connectivity index (χ0v) is 10.7. The van der Waals surface area contributed by atoms with Gasteiger partial charge in [-0.25, -0.2) is 0 Å². The van der Waals surface area contributed by atoms with Crippen LogP contribution in [0.5, 0.6) is 0 Å². The normalized spacial score (nSPS) is 10.1. The maximum atomic E-state index is 12.0. The molecule has 2 aromatic rings. The number of rotatable bonds is 3. The number of nitrogens with two attached hydrogens (primary N) is 1. The second-order valence-electron chi connectivity index (χ2n) is 3.65. The van der Waals surface area contributed by atoms with Crippen molar-refractivity contribution in [1.29, 1.82) is 0 Å². The van der Waals surface area contributed by atoms with Crippen LogP contribution in [0.15, 0.2) is 47.6 Å². The number of hydrogen-bond donors (Lipinski definition) is 2. The predicted octanol–water partition coefficient (Wildman–Crippen LogP) is 2.64. The minimum absolute atomic E-state index is 0.180. The summed E-state index contributed by atoms with van der Waals surface area (Å²) >= 11 is 1.64. The Morgan fingerprint density at radius 3 is 2.61 bits per heavy atom. The van der Waals surface area contributed by atoms with Gasteiger partial charge in [-0.05, 0) is 36.6 Å². The van der Waals surface area contributed by atoms with Crippen LogP contribution in [0.4, 0.5) is 11.4 Å². The molecule has 1 heterocycles. The Morgan fingerprint density at radius 2 is 2.00 bits per heavy atom. The van der Waals surface area contributed by atoms with Crippen LogP contribution in [0.2, 0.25) is 0 Å². The molecule has 0 radical (unpaired) electrons. The minimum atomic E-state index is -0.180. The lowest BCUT2D eigenvalue weighted by Gasteiger charge is -2.07. The molecule has 0 aliphatic heterocycles. The van der Waals surface area contributed by atoms with E-state index in [2.05, 4.69) is 10.3 Å². The standard InChI is InChI=1S/C13H13N3OS/c1-18-10-4-2-9(3-5-10)13(17)16-12-6-7-15-8-11(12)14/h2-8H,14H2,1H3,(H,15,16,17). The maximum Gasteiger partial charge on any atom is 0.255 e. The number of nitrogen functional groups attached to an aromatic ring is 1. The van der Waals surface area contributed by atoms with Gasteiger partial charge in [0.15, 0.2) is 0 Å². The summed E-state index contributed by atoms with van der Waals surface area (Å²) in [6, 6.07) is 9.07. The Kier molecular flexibility index (Phi) is 3.84. The van der Waals surface area contributed by atoms with Crippen molar-refractivity contribution in [2.24, 2.45) is 0 Å². The first kappa shape index (κ1) is 12.4. The highest BCUT2D eigenvalue weighted by molar-refractivity contribution is 7.98. The fraction of sp³-hybridized carbons (Fsp3) is 0.0769. The molecule has 4 nitrogen and oxygen atoms in total. The SMILES string of the molecule is CSc1ccc(C(=O)Nc2ccncc2N)cc1. The fourth-order valence-corrected chi connectivity index (χ4v) is 1.87. The number of nitrogens with zero attached hydrogens (tertiary/aromatic N) is 1. The van der Waals surface area contributed by atoms with Crippen molar-refractivity contribution in [1.82, 2.24) is 4.98 Å². The first-order valence-electron chi connectivity index (χ1n) is 5.35. The van der Waals surface area contributed by atoms with Crippen LogP contribution >= 0.6 is 11.8 Å². The van der Waals surface area contributed by atoms with Gasteiger partial charge < -0.3 is 11.1 Å². The largest absolute Gasteiger partial charge is 0.396 e. The highest BCUT2D eigenvalue weighted by Crippen LogP contribution is 2.18. The zero-order chi connectivity index (χ0) is 13.0. The molecule has 0 saturated carbocycles. The van der Waals surface area contributed by atoms with Crippen molar-refractivity contribution in [2.45, 2.75) is 4.90 Å². The van der Waals surface area contributed by atoms with E-state index in [0.717, 1.165) is 4.90 Å². The highest BCUT2D eigenvalue weighted by Gasteiger charge is 2.07. The summed E-state index contributed by atoms with van der Waals surface area (Å²) in [6.45, 7) is 0. The lowest BCUT2D eigenvalue weighted by atomic mass is 10.2. The summed E-state index contributed by atoms with van der Waals surface area (Å²) < 4.78 is 0. The molecule has 0 aliphatic rings. The number of aromatic nitrogens is 1. The number of pyridine rings is 1. The van der Waals surface area contributed by atoms with E-state index in [9.17, 15) is 4.79 Å². The number of nitrogens with one attached hydrogen (secondary N) is 1. The molecule has 18 heavy (non-hydrogen) atoms. The van der Waals surface area contributed by atoms with E-state index >= 15 is 0 Å². The average Bonchev–Trinajstić information content (AvgIpc) is 2.41. The van der Waals surface area contributed by atoms with Crippen molar-refractivity contribution in [2.75, 3.05) is 17.3 Å². The first-order valence-corrected chi connectivity index (χ1v) is 6.58. The molecule has 0 unspecified atom stereocenters. The highest BCUT2D eigenvalue weighted by atomic mass is 32.2. The second kappa shape index (κ2) is 5.55. The van der Waals surface area contributed by atoms with Crippen molar-refractivity contribution >= 4 is 29.0 Å². The van der Waals surface area contributed by atoms with Crippen LogP contribution in [-0.4, -0.2) is 17.1 Å². The van der Waals surface area contributed by atoms with Gasteiger partial charge >= 0.3 is 0 Å². The Hall–Kier alpha value is -2.01. The molecule has 1 aromatic carbocycles. The number of amides is 1. The van der Waals surface area contributed by atoms with E-state index in [-0.39, 0.29) is 5.91 Å². The third-order valence-corrected chi connectivity index (χ3v) is 3.20. The monoisotopic (exact) mass is 259 g/mol. The molecule has 0 aliphatic carbocycles. The quantitative estimate of drug-likeness (QED) is 0.831. The molecule has 0 atom stereocenters. The Bertz CT molecular complexity index is 554. The molecule has 0 fully saturated rings. The number of carbonyl (C=O) groups excluding carboxylic acids is 1. The second-order valence-corrected chi connectivity index (χ2v) is 4.53. The summed E-state index contributed by atoms with van der Waals surface area (Å²) in [6.07, 6.45) is 5.09. The van der Waals surface area contributed by atoms with Crippen molar-refractivity contribution in [3.05, 3.63) is 48.3 Å². The molecular formula is C13H13N3OS. The number of anilines is 2. The van der Waals surface area contributed by atoms with Crippen LogP contribution < -0.4 is 11.1 Å². The lowest BCUT2D eigenvalue weighted by molar-refractivity contribution is 0.102. The number of benzene rings is 1. The van der Waals surface area contributed by atoms with Crippen molar-refractivity contribution < 1.29 is 4.79 Å². The van der Waals surface area contributed by atoms with Gasteiger partial charge in [-0.1, -0.05) is 0 Å². The van der Waals surface area contributed by atoms with Gasteiger partial charge in [0, 0.05) is 16.7 Å². The van der Waals surface area contributed by atoms with Crippen LogP contribution in [0.25, 0.3) is 0 Å². The van der Waals surface area contributed by atoms with Gasteiger partial charge in [0.2, 0.25) is 0 Å². The Morgan fingerprint density at radius 1 is 1.28 bits per heavy atom. The molecule has 0 bridgehead atoms. The smallest absolute Gasteiger partial charge is 0.255 e. The van der Waals surface area contributed by atoms with Crippen LogP contribution in [0, 0.1) is 0 Å². The van der Waals surface area contributed by atoms with Crippen LogP contribution in [-0.2, 0) is 0 Å². The summed E-state index contributed by atoms with van der Waals surface area (Å²) in [5.74, 6) is -0.180. The summed E-state index contributed by atoms with van der Waals surface area (Å²) in [4.78, 5) is 17.0. The predicted molar refractivity (Wildman–Crippen MR) is 74.8 cm³/mol. The summed E-state index contributed by atoms with van der Waals surface area (Å²) in [7, 11) is 0. The molecule has 3 N–H and O–H groups in total. The third kappa shape index (κ3) is 2.81. The van der Waals surface area contributed by atoms with E-state index < -0.39 is 0 Å². The van der Waals surface area contributed by atoms with E-state index in [1.54, 1.807) is 36.2 Å². The molecular weight excluding hydrogens is 246 g/mol. The number of carbonyl (C=O) groups is 1. The van der Waals surface area contributed by atoms with Crippen LogP contribution in [0.3, 0.4) is 0 Å². The fourth-order valence-electron chi connectivity index (χ4n) is 1.46. The summed E-state index contributed by atoms with van der Waals surface area (Å²) in [5.41, 5.74) is 7.34. The first-order chi connectivity index (χ1) is 8.70. The molecule has 92 valence electrons. The van der Waals surface area contributed by atoms with E-state index in [1.807, 2.05) is 18.4 Å². The van der Waals surface area contributed by atoms with E-state index in [4.69, 9.17) is 5.73 Å². The van der Waals surface area contributed by atoms with Crippen LogP contribution in [0.1, 0.15) is 10.4 Å². The zero-order valence-electron chi connectivity index (χ0n) is 9.88. The average molecular weight is 259 g/mol. The van der Waals surface area contributed by atoms with Crippen molar-refractivity contribution in [3.8, 4) is 0 Å². The Labute approximate surface area is 110 Å². The van der Waals surface area contributed by atoms with Gasteiger partial charge in [0.25, 0.3) is 5.91 Å². The van der Waals surface area contributed by atoms with E-state index in [0.29, 0.717) is 16.9 Å².